The van der Waals surface area contributed by atoms with Gasteiger partial charge in [-0.05, 0) is 41.1 Å². The van der Waals surface area contributed by atoms with Crippen LogP contribution >= 0.6 is 22.6 Å². The molecule has 0 radical (unpaired) electrons. The quantitative estimate of drug-likeness (QED) is 0.670. The van der Waals surface area contributed by atoms with Crippen molar-refractivity contribution in [1.29, 1.82) is 0 Å². The summed E-state index contributed by atoms with van der Waals surface area (Å²) in [6.07, 6.45) is 0. The van der Waals surface area contributed by atoms with Gasteiger partial charge in [-0.25, -0.2) is 0 Å². The molecule has 4 heteroatoms. The van der Waals surface area contributed by atoms with Crippen molar-refractivity contribution in [3.8, 4) is 22.4 Å². The van der Waals surface area contributed by atoms with E-state index in [2.05, 4.69) is 46.8 Å². The van der Waals surface area contributed by atoms with Crippen LogP contribution in [-0.4, -0.2) is 5.16 Å². The molecule has 0 aliphatic heterocycles. The minimum Gasteiger partial charge on any atom is -0.367 e. The largest absolute Gasteiger partial charge is 0.367 e. The van der Waals surface area contributed by atoms with Crippen LogP contribution in [0.5, 0.6) is 0 Å². The first kappa shape index (κ1) is 13.2. The molecule has 3 nitrogen and oxygen atoms in total. The fourth-order valence-corrected chi connectivity index (χ4v) is 2.86. The number of nitrogens with two attached hydrogens (primary N) is 1. The van der Waals surface area contributed by atoms with E-state index in [1.807, 2.05) is 36.4 Å². The number of halogens is 1. The summed E-state index contributed by atoms with van der Waals surface area (Å²) in [5.41, 5.74) is 10.9. The molecule has 3 aromatic rings. The molecule has 0 aliphatic rings. The van der Waals surface area contributed by atoms with Crippen molar-refractivity contribution < 1.29 is 4.52 Å². The Labute approximate surface area is 130 Å². The van der Waals surface area contributed by atoms with Crippen LogP contribution in [0.15, 0.2) is 53.1 Å². The Kier molecular flexibility index (Phi) is 3.48. The average molecular weight is 376 g/mol. The van der Waals surface area contributed by atoms with Crippen LogP contribution in [0, 0.1) is 10.5 Å². The summed E-state index contributed by atoms with van der Waals surface area (Å²) in [7, 11) is 0. The van der Waals surface area contributed by atoms with Gasteiger partial charge in [-0.3, -0.25) is 0 Å². The van der Waals surface area contributed by atoms with E-state index in [9.17, 15) is 0 Å². The molecule has 0 atom stereocenters. The van der Waals surface area contributed by atoms with Gasteiger partial charge in [-0.15, -0.1) is 0 Å². The highest BCUT2D eigenvalue weighted by molar-refractivity contribution is 14.1. The van der Waals surface area contributed by atoms with E-state index in [4.69, 9.17) is 10.3 Å². The zero-order valence-corrected chi connectivity index (χ0v) is 13.1. The second kappa shape index (κ2) is 5.28. The zero-order chi connectivity index (χ0) is 14.1. The molecular formula is C16H13IN2O. The summed E-state index contributed by atoms with van der Waals surface area (Å²) in [6, 6.07) is 16.2. The summed E-state index contributed by atoms with van der Waals surface area (Å²) in [4.78, 5) is 0. The van der Waals surface area contributed by atoms with Crippen LogP contribution in [0.2, 0.25) is 0 Å². The van der Waals surface area contributed by atoms with Gasteiger partial charge in [0.15, 0.2) is 0 Å². The highest BCUT2D eigenvalue weighted by Crippen LogP contribution is 2.37. The predicted molar refractivity (Wildman–Crippen MR) is 89.2 cm³/mol. The summed E-state index contributed by atoms with van der Waals surface area (Å²) < 4.78 is 6.34. The number of hydrogen-bond acceptors (Lipinski definition) is 3. The van der Waals surface area contributed by atoms with Gasteiger partial charge >= 0.3 is 0 Å². The third-order valence-electron chi connectivity index (χ3n) is 3.15. The number of rotatable bonds is 2. The molecule has 0 spiro atoms. The second-order valence-corrected chi connectivity index (χ2v) is 5.78. The van der Waals surface area contributed by atoms with Gasteiger partial charge in [0, 0.05) is 9.13 Å². The molecule has 3 rings (SSSR count). The Morgan fingerprint density at radius 1 is 1.10 bits per heavy atom. The SMILES string of the molecule is Cc1cccc(-c2c(-c3ccccc3I)noc2N)c1. The van der Waals surface area contributed by atoms with Gasteiger partial charge in [0.1, 0.15) is 5.69 Å². The maximum atomic E-state index is 5.98. The number of benzene rings is 2. The smallest absolute Gasteiger partial charge is 0.230 e. The molecule has 1 heterocycles. The van der Waals surface area contributed by atoms with Crippen LogP contribution in [-0.2, 0) is 0 Å². The fraction of sp³-hybridized carbons (Fsp3) is 0.0625. The molecule has 0 unspecified atom stereocenters. The van der Waals surface area contributed by atoms with Crippen LogP contribution in [0.3, 0.4) is 0 Å². The first-order chi connectivity index (χ1) is 9.66. The first-order valence-corrected chi connectivity index (χ1v) is 7.32. The lowest BCUT2D eigenvalue weighted by atomic mass is 10.00. The van der Waals surface area contributed by atoms with E-state index in [0.717, 1.165) is 26.0 Å². The Bertz CT molecular complexity index is 765. The van der Waals surface area contributed by atoms with E-state index < -0.39 is 0 Å². The Morgan fingerprint density at radius 3 is 2.65 bits per heavy atom. The van der Waals surface area contributed by atoms with E-state index in [-0.39, 0.29) is 0 Å². The molecule has 2 N–H and O–H groups in total. The molecule has 0 bridgehead atoms. The molecule has 0 fully saturated rings. The maximum absolute atomic E-state index is 5.98. The summed E-state index contributed by atoms with van der Waals surface area (Å²) in [5, 5.41) is 4.15. The zero-order valence-electron chi connectivity index (χ0n) is 10.9. The summed E-state index contributed by atoms with van der Waals surface area (Å²) in [6.45, 7) is 2.05. The number of nitrogens with zero attached hydrogens (tertiary/aromatic N) is 1. The van der Waals surface area contributed by atoms with Crippen molar-refractivity contribution >= 4 is 28.5 Å². The highest BCUT2D eigenvalue weighted by Gasteiger charge is 2.18. The van der Waals surface area contributed by atoms with Crippen LogP contribution in [0.1, 0.15) is 5.56 Å². The first-order valence-electron chi connectivity index (χ1n) is 6.24. The predicted octanol–water partition coefficient (Wildman–Crippen LogP) is 4.50. The Balaban J connectivity index is 2.23. The molecular weight excluding hydrogens is 363 g/mol. The van der Waals surface area contributed by atoms with Crippen molar-refractivity contribution in [3.63, 3.8) is 0 Å². The van der Waals surface area contributed by atoms with Crippen molar-refractivity contribution in [1.82, 2.24) is 5.16 Å². The van der Waals surface area contributed by atoms with Crippen molar-refractivity contribution in [2.75, 3.05) is 5.73 Å². The monoisotopic (exact) mass is 376 g/mol. The van der Waals surface area contributed by atoms with Gasteiger partial charge in [-0.2, -0.15) is 0 Å². The van der Waals surface area contributed by atoms with Crippen molar-refractivity contribution in [2.24, 2.45) is 0 Å². The van der Waals surface area contributed by atoms with Crippen molar-refractivity contribution in [3.05, 3.63) is 57.7 Å². The summed E-state index contributed by atoms with van der Waals surface area (Å²) >= 11 is 2.29. The van der Waals surface area contributed by atoms with Crippen LogP contribution in [0.25, 0.3) is 22.4 Å². The van der Waals surface area contributed by atoms with E-state index in [1.165, 1.54) is 5.56 Å². The molecule has 1 aromatic heterocycles. The van der Waals surface area contributed by atoms with E-state index in [0.29, 0.717) is 5.88 Å². The molecule has 100 valence electrons. The van der Waals surface area contributed by atoms with Gasteiger partial charge in [-0.1, -0.05) is 53.2 Å². The lowest BCUT2D eigenvalue weighted by Gasteiger charge is -2.05. The minimum absolute atomic E-state index is 0.352. The fourth-order valence-electron chi connectivity index (χ4n) is 2.22. The molecule has 0 amide bonds. The maximum Gasteiger partial charge on any atom is 0.230 e. The van der Waals surface area contributed by atoms with Crippen molar-refractivity contribution in [2.45, 2.75) is 6.92 Å². The average Bonchev–Trinajstić information content (AvgIpc) is 2.81. The number of aromatic nitrogens is 1. The molecule has 0 saturated heterocycles. The number of anilines is 1. The standard InChI is InChI=1S/C16H13IN2O/c1-10-5-4-6-11(9-10)14-15(19-20-16(14)18)12-7-2-3-8-13(12)17/h2-9H,18H2,1H3. The third-order valence-corrected chi connectivity index (χ3v) is 4.09. The minimum atomic E-state index is 0.352. The van der Waals surface area contributed by atoms with Gasteiger partial charge in [0.05, 0.1) is 5.56 Å². The van der Waals surface area contributed by atoms with Gasteiger partial charge in [0.25, 0.3) is 0 Å². The van der Waals surface area contributed by atoms with E-state index in [1.54, 1.807) is 0 Å². The number of nitrogen functional groups attached to an aromatic ring is 1. The topological polar surface area (TPSA) is 52.0 Å². The number of hydrogen-bond donors (Lipinski definition) is 1. The van der Waals surface area contributed by atoms with Crippen LogP contribution in [0.4, 0.5) is 5.88 Å². The summed E-state index contributed by atoms with van der Waals surface area (Å²) in [5.74, 6) is 0.352. The van der Waals surface area contributed by atoms with Crippen LogP contribution < -0.4 is 5.73 Å². The highest BCUT2D eigenvalue weighted by atomic mass is 127. The molecule has 2 aromatic carbocycles. The Hall–Kier alpha value is -1.82. The second-order valence-electron chi connectivity index (χ2n) is 4.62. The number of aryl methyl sites for hydroxylation is 1. The molecule has 20 heavy (non-hydrogen) atoms. The third kappa shape index (κ3) is 2.31. The lowest BCUT2D eigenvalue weighted by molar-refractivity contribution is 0.439. The van der Waals surface area contributed by atoms with Gasteiger partial charge in [0.2, 0.25) is 5.88 Å². The lowest BCUT2D eigenvalue weighted by Crippen LogP contribution is -1.89. The van der Waals surface area contributed by atoms with Gasteiger partial charge < -0.3 is 10.3 Å². The molecule has 0 saturated carbocycles. The molecule has 0 aliphatic carbocycles. The van der Waals surface area contributed by atoms with E-state index >= 15 is 0 Å². The normalized spacial score (nSPS) is 10.7. The Morgan fingerprint density at radius 2 is 1.90 bits per heavy atom.